The second-order valence-corrected chi connectivity index (χ2v) is 7.11. The summed E-state index contributed by atoms with van der Waals surface area (Å²) in [6.45, 7) is -0.169. The van der Waals surface area contributed by atoms with Crippen LogP contribution in [0.25, 0.3) is 0 Å². The van der Waals surface area contributed by atoms with Crippen molar-refractivity contribution < 1.29 is 23.5 Å². The molecule has 2 aromatic rings. The van der Waals surface area contributed by atoms with Crippen LogP contribution in [0, 0.1) is 5.82 Å². The summed E-state index contributed by atoms with van der Waals surface area (Å²) in [4.78, 5) is 35.8. The van der Waals surface area contributed by atoms with E-state index in [1.54, 1.807) is 24.3 Å². The molecule has 1 aliphatic rings. The third-order valence-electron chi connectivity index (χ3n) is 5.02. The molecule has 5 nitrogen and oxygen atoms in total. The SMILES string of the molecule is O=C(COC(=O)CCC(=O)c1ccc2c(c1)CCC2)NCCc1ccccc1F. The van der Waals surface area contributed by atoms with Crippen LogP contribution < -0.4 is 5.32 Å². The summed E-state index contributed by atoms with van der Waals surface area (Å²) in [7, 11) is 0. The Morgan fingerprint density at radius 3 is 2.62 bits per heavy atom. The van der Waals surface area contributed by atoms with Crippen molar-refractivity contribution in [1.82, 2.24) is 5.32 Å². The first-order valence-corrected chi connectivity index (χ1v) is 9.83. The van der Waals surface area contributed by atoms with Crippen LogP contribution in [0.3, 0.4) is 0 Å². The molecule has 1 aliphatic carbocycles. The maximum atomic E-state index is 13.5. The summed E-state index contributed by atoms with van der Waals surface area (Å²) in [6.07, 6.45) is 3.48. The summed E-state index contributed by atoms with van der Waals surface area (Å²) in [5.74, 6) is -1.48. The van der Waals surface area contributed by atoms with Crippen LogP contribution in [0.5, 0.6) is 0 Å². The zero-order valence-electron chi connectivity index (χ0n) is 16.2. The predicted octanol–water partition coefficient (Wildman–Crippen LogP) is 3.18. The van der Waals surface area contributed by atoms with Crippen LogP contribution in [0.1, 0.15) is 46.3 Å². The lowest BCUT2D eigenvalue weighted by Crippen LogP contribution is -2.30. The molecule has 29 heavy (non-hydrogen) atoms. The van der Waals surface area contributed by atoms with E-state index in [-0.39, 0.29) is 31.0 Å². The number of benzene rings is 2. The molecule has 0 heterocycles. The van der Waals surface area contributed by atoms with E-state index in [9.17, 15) is 18.8 Å². The van der Waals surface area contributed by atoms with E-state index in [0.717, 1.165) is 19.3 Å². The lowest BCUT2D eigenvalue weighted by Gasteiger charge is -2.07. The average Bonchev–Trinajstić information content (AvgIpc) is 3.19. The molecule has 0 unspecified atom stereocenters. The number of fused-ring (bicyclic) bond motifs is 1. The highest BCUT2D eigenvalue weighted by molar-refractivity contribution is 5.98. The number of carbonyl (C=O) groups excluding carboxylic acids is 3. The number of hydrogen-bond acceptors (Lipinski definition) is 4. The predicted molar refractivity (Wildman–Crippen MR) is 106 cm³/mol. The van der Waals surface area contributed by atoms with Gasteiger partial charge in [0.2, 0.25) is 0 Å². The van der Waals surface area contributed by atoms with Crippen LogP contribution in [-0.2, 0) is 33.6 Å². The minimum absolute atomic E-state index is 0.0481. The maximum absolute atomic E-state index is 13.5. The number of Topliss-reactive ketones (excluding diaryl/α,β-unsaturated/α-hetero) is 1. The molecule has 1 N–H and O–H groups in total. The van der Waals surface area contributed by atoms with Gasteiger partial charge in [-0.05, 0) is 54.5 Å². The van der Waals surface area contributed by atoms with Gasteiger partial charge in [0, 0.05) is 18.5 Å². The Hall–Kier alpha value is -3.02. The summed E-state index contributed by atoms with van der Waals surface area (Å²) in [5, 5.41) is 2.58. The molecule has 0 aliphatic heterocycles. The Morgan fingerprint density at radius 2 is 1.79 bits per heavy atom. The fraction of sp³-hybridized carbons (Fsp3) is 0.348. The van der Waals surface area contributed by atoms with Gasteiger partial charge in [-0.3, -0.25) is 14.4 Å². The minimum Gasteiger partial charge on any atom is -0.456 e. The van der Waals surface area contributed by atoms with E-state index in [0.29, 0.717) is 17.5 Å². The van der Waals surface area contributed by atoms with Crippen LogP contribution >= 0.6 is 0 Å². The van der Waals surface area contributed by atoms with Crippen molar-refractivity contribution in [2.24, 2.45) is 0 Å². The van der Waals surface area contributed by atoms with Gasteiger partial charge < -0.3 is 10.1 Å². The number of esters is 1. The first-order chi connectivity index (χ1) is 14.0. The van der Waals surface area contributed by atoms with E-state index in [4.69, 9.17) is 4.74 Å². The molecule has 0 bridgehead atoms. The van der Waals surface area contributed by atoms with Crippen molar-refractivity contribution >= 4 is 17.7 Å². The number of hydrogen-bond donors (Lipinski definition) is 1. The van der Waals surface area contributed by atoms with Crippen molar-refractivity contribution in [2.45, 2.75) is 38.5 Å². The smallest absolute Gasteiger partial charge is 0.306 e. The molecule has 0 radical (unpaired) electrons. The summed E-state index contributed by atoms with van der Waals surface area (Å²) < 4.78 is 18.4. The first kappa shape index (κ1) is 20.7. The first-order valence-electron chi connectivity index (χ1n) is 9.83. The molecule has 1 amide bonds. The Kier molecular flexibility index (Phi) is 7.11. The lowest BCUT2D eigenvalue weighted by molar-refractivity contribution is -0.148. The van der Waals surface area contributed by atoms with E-state index in [1.807, 2.05) is 12.1 Å². The minimum atomic E-state index is -0.594. The molecule has 2 aromatic carbocycles. The van der Waals surface area contributed by atoms with Gasteiger partial charge in [-0.25, -0.2) is 4.39 Å². The second-order valence-electron chi connectivity index (χ2n) is 7.11. The summed E-state index contributed by atoms with van der Waals surface area (Å²) in [6, 6.07) is 12.1. The van der Waals surface area contributed by atoms with E-state index >= 15 is 0 Å². The van der Waals surface area contributed by atoms with Crippen molar-refractivity contribution in [3.8, 4) is 0 Å². The standard InChI is InChI=1S/C23H24FNO4/c24-20-7-2-1-4-17(20)12-13-25-22(27)15-29-23(28)11-10-21(26)19-9-8-16-5-3-6-18(16)14-19/h1-2,4,7-9,14H,3,5-6,10-13,15H2,(H,25,27). The van der Waals surface area contributed by atoms with E-state index in [2.05, 4.69) is 5.32 Å². The Labute approximate surface area is 169 Å². The number of ketones is 1. The molecular formula is C23H24FNO4. The second kappa shape index (κ2) is 9.96. The zero-order valence-corrected chi connectivity index (χ0v) is 16.2. The Balaban J connectivity index is 1.33. The van der Waals surface area contributed by atoms with Crippen molar-refractivity contribution in [2.75, 3.05) is 13.2 Å². The van der Waals surface area contributed by atoms with Crippen LogP contribution in [0.15, 0.2) is 42.5 Å². The Bertz CT molecular complexity index is 910. The highest BCUT2D eigenvalue weighted by Crippen LogP contribution is 2.23. The van der Waals surface area contributed by atoms with Gasteiger partial charge >= 0.3 is 5.97 Å². The normalized spacial score (nSPS) is 12.3. The number of nitrogens with one attached hydrogen (secondary N) is 1. The molecule has 152 valence electrons. The topological polar surface area (TPSA) is 72.5 Å². The fourth-order valence-corrected chi connectivity index (χ4v) is 3.41. The highest BCUT2D eigenvalue weighted by Gasteiger charge is 2.15. The molecule has 0 fully saturated rings. The van der Waals surface area contributed by atoms with E-state index in [1.165, 1.54) is 17.2 Å². The van der Waals surface area contributed by atoms with Crippen molar-refractivity contribution in [3.63, 3.8) is 0 Å². The van der Waals surface area contributed by atoms with Crippen molar-refractivity contribution in [1.29, 1.82) is 0 Å². The molecule has 0 saturated heterocycles. The number of halogens is 1. The lowest BCUT2D eigenvalue weighted by atomic mass is 10.0. The van der Waals surface area contributed by atoms with Gasteiger partial charge in [0.05, 0.1) is 6.42 Å². The molecule has 3 rings (SSSR count). The quantitative estimate of drug-likeness (QED) is 0.521. The van der Waals surface area contributed by atoms with Gasteiger partial charge in [-0.2, -0.15) is 0 Å². The summed E-state index contributed by atoms with van der Waals surface area (Å²) in [5.41, 5.74) is 3.63. The highest BCUT2D eigenvalue weighted by atomic mass is 19.1. The van der Waals surface area contributed by atoms with Crippen LogP contribution in [-0.4, -0.2) is 30.8 Å². The molecule has 0 aromatic heterocycles. The third kappa shape index (κ3) is 5.98. The number of rotatable bonds is 9. The Morgan fingerprint density at radius 1 is 1.00 bits per heavy atom. The summed E-state index contributed by atoms with van der Waals surface area (Å²) >= 11 is 0. The van der Waals surface area contributed by atoms with Crippen LogP contribution in [0.4, 0.5) is 4.39 Å². The average molecular weight is 397 g/mol. The van der Waals surface area contributed by atoms with Gasteiger partial charge in [-0.1, -0.05) is 30.3 Å². The molecule has 0 spiro atoms. The number of aryl methyl sites for hydroxylation is 2. The maximum Gasteiger partial charge on any atom is 0.306 e. The monoisotopic (exact) mass is 397 g/mol. The number of ether oxygens (including phenoxy) is 1. The van der Waals surface area contributed by atoms with Gasteiger partial charge in [0.1, 0.15) is 5.82 Å². The molecule has 0 saturated carbocycles. The van der Waals surface area contributed by atoms with E-state index < -0.39 is 18.5 Å². The van der Waals surface area contributed by atoms with Gasteiger partial charge in [0.15, 0.2) is 12.4 Å². The zero-order chi connectivity index (χ0) is 20.6. The molecular weight excluding hydrogens is 373 g/mol. The fourth-order valence-electron chi connectivity index (χ4n) is 3.41. The number of amides is 1. The van der Waals surface area contributed by atoms with Gasteiger partial charge in [-0.15, -0.1) is 0 Å². The van der Waals surface area contributed by atoms with Gasteiger partial charge in [0.25, 0.3) is 5.91 Å². The third-order valence-corrected chi connectivity index (χ3v) is 5.02. The largest absolute Gasteiger partial charge is 0.456 e. The van der Waals surface area contributed by atoms with Crippen LogP contribution in [0.2, 0.25) is 0 Å². The number of carbonyl (C=O) groups is 3. The molecule has 0 atom stereocenters. The van der Waals surface area contributed by atoms with Crippen molar-refractivity contribution in [3.05, 3.63) is 70.5 Å². The molecule has 6 heteroatoms.